The Morgan fingerprint density at radius 3 is 2.89 bits per heavy atom. The molecule has 106 valence electrons. The molecule has 0 amide bonds. The number of nitrogens with zero attached hydrogens (tertiary/aromatic N) is 4. The summed E-state index contributed by atoms with van der Waals surface area (Å²) in [6, 6.07) is 0.450. The van der Waals surface area contributed by atoms with E-state index in [0.717, 1.165) is 23.8 Å². The van der Waals surface area contributed by atoms with E-state index < -0.39 is 5.54 Å². The van der Waals surface area contributed by atoms with E-state index in [1.807, 2.05) is 6.92 Å². The highest BCUT2D eigenvalue weighted by Gasteiger charge is 2.39. The van der Waals surface area contributed by atoms with Crippen molar-refractivity contribution in [3.05, 3.63) is 0 Å². The van der Waals surface area contributed by atoms with Crippen LogP contribution in [0.4, 0.5) is 0 Å². The lowest BCUT2D eigenvalue weighted by Crippen LogP contribution is -2.51. The molecule has 1 saturated carbocycles. The summed E-state index contributed by atoms with van der Waals surface area (Å²) in [6.07, 6.45) is 2.94. The van der Waals surface area contributed by atoms with Gasteiger partial charge in [0, 0.05) is 18.8 Å². The van der Waals surface area contributed by atoms with Crippen LogP contribution in [0.15, 0.2) is 5.16 Å². The van der Waals surface area contributed by atoms with E-state index in [-0.39, 0.29) is 5.97 Å². The van der Waals surface area contributed by atoms with Gasteiger partial charge < -0.3 is 4.74 Å². The van der Waals surface area contributed by atoms with Crippen LogP contribution in [-0.2, 0) is 16.6 Å². The molecule has 1 aromatic rings. The normalized spacial score (nSPS) is 18.1. The van der Waals surface area contributed by atoms with Crippen LogP contribution in [-0.4, -0.2) is 50.6 Å². The molecule has 0 bridgehead atoms. The predicted octanol–water partition coefficient (Wildman–Crippen LogP) is 0.376. The van der Waals surface area contributed by atoms with Crippen molar-refractivity contribution in [2.75, 3.05) is 12.9 Å². The molecule has 19 heavy (non-hydrogen) atoms. The topological polar surface area (TPSA) is 81.9 Å². The van der Waals surface area contributed by atoms with Crippen LogP contribution in [0.2, 0.25) is 0 Å². The van der Waals surface area contributed by atoms with Gasteiger partial charge in [0.25, 0.3) is 0 Å². The third-order valence-corrected chi connectivity index (χ3v) is 4.16. The summed E-state index contributed by atoms with van der Waals surface area (Å²) in [4.78, 5) is 11.9. The van der Waals surface area contributed by atoms with Crippen LogP contribution in [0.5, 0.6) is 0 Å². The minimum Gasteiger partial charge on any atom is -0.468 e. The van der Waals surface area contributed by atoms with Crippen LogP contribution >= 0.6 is 11.8 Å². The number of rotatable bonds is 7. The maximum Gasteiger partial charge on any atom is 0.325 e. The third-order valence-electron chi connectivity index (χ3n) is 3.15. The number of aryl methyl sites for hydroxylation is 1. The monoisotopic (exact) mass is 285 g/mol. The average Bonchev–Trinajstić information content (AvgIpc) is 3.10. The smallest absolute Gasteiger partial charge is 0.325 e. The second-order valence-electron chi connectivity index (χ2n) is 4.93. The van der Waals surface area contributed by atoms with Crippen molar-refractivity contribution in [1.82, 2.24) is 25.5 Å². The number of hydrogen-bond acceptors (Lipinski definition) is 7. The highest BCUT2D eigenvalue weighted by molar-refractivity contribution is 7.99. The van der Waals surface area contributed by atoms with Gasteiger partial charge in [-0.2, -0.15) is 0 Å². The van der Waals surface area contributed by atoms with E-state index in [2.05, 4.69) is 20.8 Å². The molecule has 7 nitrogen and oxygen atoms in total. The lowest BCUT2D eigenvalue weighted by Gasteiger charge is -2.27. The summed E-state index contributed by atoms with van der Waals surface area (Å²) in [5.74, 6) is 0.538. The molecular weight excluding hydrogens is 266 g/mol. The molecule has 1 heterocycles. The minimum atomic E-state index is -0.630. The first kappa shape index (κ1) is 14.3. The molecule has 1 fully saturated rings. The van der Waals surface area contributed by atoms with Crippen molar-refractivity contribution in [2.24, 2.45) is 7.05 Å². The molecule has 8 heteroatoms. The summed E-state index contributed by atoms with van der Waals surface area (Å²) in [5.41, 5.74) is -0.630. The Morgan fingerprint density at radius 2 is 2.37 bits per heavy atom. The fourth-order valence-electron chi connectivity index (χ4n) is 1.83. The predicted molar refractivity (Wildman–Crippen MR) is 70.7 cm³/mol. The maximum absolute atomic E-state index is 11.9. The first-order valence-corrected chi connectivity index (χ1v) is 7.25. The molecule has 1 unspecified atom stereocenters. The largest absolute Gasteiger partial charge is 0.468 e. The van der Waals surface area contributed by atoms with Crippen LogP contribution in [0.25, 0.3) is 0 Å². The van der Waals surface area contributed by atoms with E-state index in [1.54, 1.807) is 11.7 Å². The number of nitrogens with one attached hydrogen (secondary N) is 1. The van der Waals surface area contributed by atoms with E-state index in [4.69, 9.17) is 4.74 Å². The molecular formula is C11H19N5O2S. The van der Waals surface area contributed by atoms with E-state index in [0.29, 0.717) is 12.5 Å². The van der Waals surface area contributed by atoms with E-state index in [1.165, 1.54) is 18.9 Å². The van der Waals surface area contributed by atoms with Gasteiger partial charge in [-0.15, -0.1) is 5.10 Å². The van der Waals surface area contributed by atoms with Crippen molar-refractivity contribution in [2.45, 2.75) is 42.9 Å². The number of thioether (sulfide) groups is 1. The van der Waals surface area contributed by atoms with Gasteiger partial charge in [-0.05, 0) is 36.6 Å². The number of tetrazole rings is 1. The minimum absolute atomic E-state index is 0.212. The highest BCUT2D eigenvalue weighted by Crippen LogP contribution is 2.26. The van der Waals surface area contributed by atoms with Crippen LogP contribution in [0.1, 0.15) is 26.2 Å². The van der Waals surface area contributed by atoms with Crippen molar-refractivity contribution < 1.29 is 9.53 Å². The van der Waals surface area contributed by atoms with E-state index in [9.17, 15) is 4.79 Å². The van der Waals surface area contributed by atoms with Gasteiger partial charge in [-0.3, -0.25) is 10.1 Å². The van der Waals surface area contributed by atoms with Crippen molar-refractivity contribution in [3.8, 4) is 0 Å². The molecule has 0 saturated heterocycles. The number of methoxy groups -OCH3 is 1. The van der Waals surface area contributed by atoms with Gasteiger partial charge in [0.1, 0.15) is 5.54 Å². The van der Waals surface area contributed by atoms with Crippen molar-refractivity contribution in [3.63, 3.8) is 0 Å². The summed E-state index contributed by atoms with van der Waals surface area (Å²) >= 11 is 1.54. The van der Waals surface area contributed by atoms with Crippen molar-refractivity contribution >= 4 is 17.7 Å². The standard InChI is InChI=1S/C11H19N5O2S/c1-11(9(17)18-3,12-8-4-5-8)6-7-19-10-13-14-15-16(10)2/h8,12H,4-7H2,1-3H3. The molecule has 2 rings (SSSR count). The molecule has 0 aromatic carbocycles. The molecule has 0 radical (unpaired) electrons. The second-order valence-corrected chi connectivity index (χ2v) is 5.99. The SMILES string of the molecule is COC(=O)C(C)(CCSc1nnnn1C)NC1CC1. The van der Waals surface area contributed by atoms with Gasteiger partial charge in [-0.1, -0.05) is 11.8 Å². The summed E-state index contributed by atoms with van der Waals surface area (Å²) in [5, 5.41) is 15.4. The molecule has 1 atom stereocenters. The lowest BCUT2D eigenvalue weighted by molar-refractivity contribution is -0.148. The quantitative estimate of drug-likeness (QED) is 0.572. The Hall–Kier alpha value is -1.15. The Kier molecular flexibility index (Phi) is 4.41. The van der Waals surface area contributed by atoms with Gasteiger partial charge in [0.2, 0.25) is 5.16 Å². The number of ether oxygens (including phenoxy) is 1. The lowest BCUT2D eigenvalue weighted by atomic mass is 9.99. The number of esters is 1. The Morgan fingerprint density at radius 1 is 1.63 bits per heavy atom. The average molecular weight is 285 g/mol. The summed E-state index contributed by atoms with van der Waals surface area (Å²) in [7, 11) is 3.22. The molecule has 0 aliphatic heterocycles. The first-order valence-electron chi connectivity index (χ1n) is 6.26. The second kappa shape index (κ2) is 5.87. The zero-order valence-corrected chi connectivity index (χ0v) is 12.2. The number of aromatic nitrogens is 4. The first-order chi connectivity index (χ1) is 9.05. The number of hydrogen-bond donors (Lipinski definition) is 1. The number of carbonyl (C=O) groups excluding carboxylic acids is 1. The molecule has 1 N–H and O–H groups in total. The van der Waals surface area contributed by atoms with Gasteiger partial charge in [0.15, 0.2) is 0 Å². The van der Waals surface area contributed by atoms with E-state index >= 15 is 0 Å². The summed E-state index contributed by atoms with van der Waals surface area (Å²) < 4.78 is 6.52. The number of carbonyl (C=O) groups is 1. The van der Waals surface area contributed by atoms with Crippen LogP contribution in [0, 0.1) is 0 Å². The fourth-order valence-corrected chi connectivity index (χ4v) is 2.84. The highest BCUT2D eigenvalue weighted by atomic mass is 32.2. The van der Waals surface area contributed by atoms with Gasteiger partial charge in [0.05, 0.1) is 7.11 Å². The van der Waals surface area contributed by atoms with Crippen molar-refractivity contribution in [1.29, 1.82) is 0 Å². The third kappa shape index (κ3) is 3.66. The zero-order chi connectivity index (χ0) is 13.9. The Labute approximate surface area is 116 Å². The van der Waals surface area contributed by atoms with Gasteiger partial charge in [-0.25, -0.2) is 4.68 Å². The molecule has 0 spiro atoms. The fraction of sp³-hybridized carbons (Fsp3) is 0.818. The van der Waals surface area contributed by atoms with Gasteiger partial charge >= 0.3 is 5.97 Å². The Bertz CT molecular complexity index is 448. The molecule has 1 aliphatic carbocycles. The Balaban J connectivity index is 1.88. The molecule has 1 aliphatic rings. The zero-order valence-electron chi connectivity index (χ0n) is 11.4. The molecule has 1 aromatic heterocycles. The summed E-state index contributed by atoms with van der Waals surface area (Å²) in [6.45, 7) is 1.90. The maximum atomic E-state index is 11.9. The van der Waals surface area contributed by atoms with Crippen LogP contribution < -0.4 is 5.32 Å². The van der Waals surface area contributed by atoms with Crippen LogP contribution in [0.3, 0.4) is 0 Å².